The molecule has 0 amide bonds. The first-order valence-electron chi connectivity index (χ1n) is 6.29. The summed E-state index contributed by atoms with van der Waals surface area (Å²) in [4.78, 5) is 10.7. The van der Waals surface area contributed by atoms with Crippen LogP contribution in [0.2, 0.25) is 0 Å². The second kappa shape index (κ2) is 6.99. The first-order chi connectivity index (χ1) is 8.97. The van der Waals surface area contributed by atoms with Gasteiger partial charge in [-0.05, 0) is 37.5 Å². The van der Waals surface area contributed by atoms with E-state index in [1.807, 2.05) is 19.9 Å². The van der Waals surface area contributed by atoms with Crippen LogP contribution in [0.1, 0.15) is 25.8 Å². The Labute approximate surface area is 113 Å². The van der Waals surface area contributed by atoms with Gasteiger partial charge in [-0.15, -0.1) is 0 Å². The quantitative estimate of drug-likeness (QED) is 0.787. The Morgan fingerprint density at radius 1 is 1.42 bits per heavy atom. The van der Waals surface area contributed by atoms with Crippen molar-refractivity contribution >= 4 is 5.97 Å². The third kappa shape index (κ3) is 4.44. The van der Waals surface area contributed by atoms with E-state index in [4.69, 9.17) is 20.3 Å². The van der Waals surface area contributed by atoms with Crippen molar-refractivity contribution in [1.82, 2.24) is 0 Å². The van der Waals surface area contributed by atoms with Crippen molar-refractivity contribution in [2.75, 3.05) is 7.11 Å². The first kappa shape index (κ1) is 15.3. The molecule has 19 heavy (non-hydrogen) atoms. The van der Waals surface area contributed by atoms with Gasteiger partial charge in [0.2, 0.25) is 0 Å². The lowest BCUT2D eigenvalue weighted by molar-refractivity contribution is -0.138. The monoisotopic (exact) mass is 267 g/mol. The number of hydrogen-bond acceptors (Lipinski definition) is 4. The van der Waals surface area contributed by atoms with Crippen molar-refractivity contribution < 1.29 is 19.4 Å². The second-order valence-electron chi connectivity index (χ2n) is 4.47. The molecule has 0 aliphatic heterocycles. The molecule has 5 nitrogen and oxygen atoms in total. The summed E-state index contributed by atoms with van der Waals surface area (Å²) in [5, 5.41) is 8.79. The molecule has 3 N–H and O–H groups in total. The van der Waals surface area contributed by atoms with Crippen molar-refractivity contribution in [1.29, 1.82) is 0 Å². The van der Waals surface area contributed by atoms with E-state index in [-0.39, 0.29) is 12.5 Å². The maximum Gasteiger partial charge on any atom is 0.320 e. The zero-order valence-corrected chi connectivity index (χ0v) is 11.6. The number of carboxylic acids is 1. The summed E-state index contributed by atoms with van der Waals surface area (Å²) in [5.74, 6) is 0.235. The van der Waals surface area contributed by atoms with E-state index in [2.05, 4.69) is 0 Å². The third-order valence-electron chi connectivity index (χ3n) is 2.90. The second-order valence-corrected chi connectivity index (χ2v) is 4.47. The first-order valence-corrected chi connectivity index (χ1v) is 6.29. The van der Waals surface area contributed by atoms with Gasteiger partial charge in [0, 0.05) is 0 Å². The SMILES string of the molecule is CCC(C)Oc1ccc(CC(N)C(=O)O)cc1OC. The number of carboxylic acid groups (broad SMARTS) is 1. The molecule has 5 heteroatoms. The molecule has 0 heterocycles. The highest BCUT2D eigenvalue weighted by molar-refractivity contribution is 5.73. The molecule has 2 unspecified atom stereocenters. The number of benzene rings is 1. The van der Waals surface area contributed by atoms with Crippen LogP contribution >= 0.6 is 0 Å². The van der Waals surface area contributed by atoms with Crippen molar-refractivity contribution in [2.45, 2.75) is 38.8 Å². The summed E-state index contributed by atoms with van der Waals surface area (Å²) in [6.45, 7) is 4.02. The fourth-order valence-corrected chi connectivity index (χ4v) is 1.58. The van der Waals surface area contributed by atoms with Crippen LogP contribution in [0.15, 0.2) is 18.2 Å². The van der Waals surface area contributed by atoms with Crippen LogP contribution in [-0.4, -0.2) is 30.3 Å². The average molecular weight is 267 g/mol. The van der Waals surface area contributed by atoms with Gasteiger partial charge in [-0.25, -0.2) is 0 Å². The molecule has 1 rings (SSSR count). The highest BCUT2D eigenvalue weighted by Gasteiger charge is 2.14. The highest BCUT2D eigenvalue weighted by atomic mass is 16.5. The van der Waals surface area contributed by atoms with E-state index in [0.717, 1.165) is 12.0 Å². The molecule has 0 saturated carbocycles. The van der Waals surface area contributed by atoms with Crippen molar-refractivity contribution in [3.8, 4) is 11.5 Å². The van der Waals surface area contributed by atoms with Gasteiger partial charge in [0.05, 0.1) is 13.2 Å². The van der Waals surface area contributed by atoms with E-state index < -0.39 is 12.0 Å². The van der Waals surface area contributed by atoms with Crippen LogP contribution in [0.5, 0.6) is 11.5 Å². The van der Waals surface area contributed by atoms with Gasteiger partial charge in [-0.1, -0.05) is 13.0 Å². The maximum absolute atomic E-state index is 10.7. The molecule has 0 fully saturated rings. The van der Waals surface area contributed by atoms with Crippen molar-refractivity contribution in [3.63, 3.8) is 0 Å². The van der Waals surface area contributed by atoms with Gasteiger partial charge in [-0.3, -0.25) is 4.79 Å². The Balaban J connectivity index is 2.86. The van der Waals surface area contributed by atoms with E-state index in [9.17, 15) is 4.79 Å². The van der Waals surface area contributed by atoms with Gasteiger partial charge >= 0.3 is 5.97 Å². The number of ether oxygens (including phenoxy) is 2. The average Bonchev–Trinajstić information content (AvgIpc) is 2.39. The molecule has 0 radical (unpaired) electrons. The largest absolute Gasteiger partial charge is 0.493 e. The molecule has 1 aromatic rings. The molecule has 2 atom stereocenters. The molecule has 0 bridgehead atoms. The van der Waals surface area contributed by atoms with Gasteiger partial charge < -0.3 is 20.3 Å². The lowest BCUT2D eigenvalue weighted by Gasteiger charge is -2.16. The highest BCUT2D eigenvalue weighted by Crippen LogP contribution is 2.29. The molecule has 0 aromatic heterocycles. The number of hydrogen-bond donors (Lipinski definition) is 2. The van der Waals surface area contributed by atoms with Crippen LogP contribution in [0.25, 0.3) is 0 Å². The van der Waals surface area contributed by atoms with E-state index in [1.54, 1.807) is 19.2 Å². The zero-order chi connectivity index (χ0) is 14.4. The van der Waals surface area contributed by atoms with E-state index in [0.29, 0.717) is 11.5 Å². The summed E-state index contributed by atoms with van der Waals surface area (Å²) in [5.41, 5.74) is 6.32. The van der Waals surface area contributed by atoms with Crippen LogP contribution in [-0.2, 0) is 11.2 Å². The molecule has 0 aliphatic rings. The predicted molar refractivity (Wildman–Crippen MR) is 72.7 cm³/mol. The summed E-state index contributed by atoms with van der Waals surface area (Å²) in [6, 6.07) is 4.45. The fraction of sp³-hybridized carbons (Fsp3) is 0.500. The zero-order valence-electron chi connectivity index (χ0n) is 11.6. The van der Waals surface area contributed by atoms with E-state index >= 15 is 0 Å². The normalized spacial score (nSPS) is 13.7. The Morgan fingerprint density at radius 3 is 2.63 bits per heavy atom. The fourth-order valence-electron chi connectivity index (χ4n) is 1.58. The topological polar surface area (TPSA) is 81.8 Å². The van der Waals surface area contributed by atoms with Gasteiger partial charge in [-0.2, -0.15) is 0 Å². The molecule has 0 aliphatic carbocycles. The van der Waals surface area contributed by atoms with Gasteiger partial charge in [0.1, 0.15) is 6.04 Å². The van der Waals surface area contributed by atoms with Crippen LogP contribution in [0.4, 0.5) is 0 Å². The molecule has 106 valence electrons. The minimum absolute atomic E-state index is 0.0982. The summed E-state index contributed by atoms with van der Waals surface area (Å²) in [6.07, 6.45) is 1.26. The van der Waals surface area contributed by atoms with Gasteiger partial charge in [0.15, 0.2) is 11.5 Å². The van der Waals surface area contributed by atoms with Gasteiger partial charge in [0.25, 0.3) is 0 Å². The van der Waals surface area contributed by atoms with E-state index in [1.165, 1.54) is 0 Å². The smallest absolute Gasteiger partial charge is 0.320 e. The minimum Gasteiger partial charge on any atom is -0.493 e. The summed E-state index contributed by atoms with van der Waals surface area (Å²) in [7, 11) is 1.56. The number of rotatable bonds is 7. The number of nitrogens with two attached hydrogens (primary N) is 1. The predicted octanol–water partition coefficient (Wildman–Crippen LogP) is 1.83. The Bertz CT molecular complexity index is 433. The lowest BCUT2D eigenvalue weighted by Crippen LogP contribution is -2.32. The summed E-state index contributed by atoms with van der Waals surface area (Å²) >= 11 is 0. The molecular weight excluding hydrogens is 246 g/mol. The number of methoxy groups -OCH3 is 1. The minimum atomic E-state index is -1.01. The lowest BCUT2D eigenvalue weighted by atomic mass is 10.1. The molecule has 0 saturated heterocycles. The molecular formula is C14H21NO4. The standard InChI is InChI=1S/C14H21NO4/c1-4-9(2)19-12-6-5-10(8-13(12)18-3)7-11(15)14(16)17/h5-6,8-9,11H,4,7,15H2,1-3H3,(H,16,17). The van der Waals surface area contributed by atoms with Crippen LogP contribution < -0.4 is 15.2 Å². The Hall–Kier alpha value is -1.75. The molecule has 0 spiro atoms. The van der Waals surface area contributed by atoms with Crippen LogP contribution in [0.3, 0.4) is 0 Å². The Kier molecular flexibility index (Phi) is 5.63. The van der Waals surface area contributed by atoms with Crippen molar-refractivity contribution in [3.05, 3.63) is 23.8 Å². The maximum atomic E-state index is 10.7. The molecule has 1 aromatic carbocycles. The van der Waals surface area contributed by atoms with Crippen molar-refractivity contribution in [2.24, 2.45) is 5.73 Å². The number of aliphatic carboxylic acids is 1. The Morgan fingerprint density at radius 2 is 2.11 bits per heavy atom. The third-order valence-corrected chi connectivity index (χ3v) is 2.90. The number of carbonyl (C=O) groups is 1. The summed E-state index contributed by atoms with van der Waals surface area (Å²) < 4.78 is 11.0. The van der Waals surface area contributed by atoms with Crippen LogP contribution in [0, 0.1) is 0 Å².